The van der Waals surface area contributed by atoms with E-state index in [4.69, 9.17) is 0 Å². The van der Waals surface area contributed by atoms with Crippen molar-refractivity contribution >= 4 is 59.3 Å². The van der Waals surface area contributed by atoms with Gasteiger partial charge in [0.15, 0.2) is 0 Å². The lowest BCUT2D eigenvalue weighted by molar-refractivity contribution is 1.28. The average Bonchev–Trinajstić information content (AvgIpc) is 3.64. The quantitative estimate of drug-likeness (QED) is 0.160. The van der Waals surface area contributed by atoms with Gasteiger partial charge in [-0.2, -0.15) is 0 Å². The standard InChI is InChI=1S/C52H35NS/c1-2-14-36(15-3-1)37-30-32-42(33-31-37)53(43-21-11-20-41(35-43)47-26-13-29-51-52(47)48-24-7-9-28-50(48)54-51)49-27-8-6-23-46(49)40-19-10-18-39(34-40)45-25-12-17-38-16-4-5-22-44(38)45/h1-35H. The van der Waals surface area contributed by atoms with Gasteiger partial charge >= 0.3 is 0 Å². The molecule has 0 N–H and O–H groups in total. The summed E-state index contributed by atoms with van der Waals surface area (Å²) in [7, 11) is 0. The molecule has 0 aliphatic carbocycles. The highest BCUT2D eigenvalue weighted by Crippen LogP contribution is 2.45. The topological polar surface area (TPSA) is 3.24 Å². The van der Waals surface area contributed by atoms with Crippen LogP contribution in [0.3, 0.4) is 0 Å². The summed E-state index contributed by atoms with van der Waals surface area (Å²) in [5.74, 6) is 0. The van der Waals surface area contributed by atoms with Crippen LogP contribution >= 0.6 is 11.3 Å². The molecule has 0 aliphatic rings. The second-order valence-corrected chi connectivity index (χ2v) is 14.8. The minimum absolute atomic E-state index is 1.10. The zero-order valence-corrected chi connectivity index (χ0v) is 30.4. The van der Waals surface area contributed by atoms with Crippen molar-refractivity contribution in [3.05, 3.63) is 212 Å². The first-order valence-corrected chi connectivity index (χ1v) is 19.2. The number of hydrogen-bond donors (Lipinski definition) is 0. The molecular weight excluding hydrogens is 671 g/mol. The number of fused-ring (bicyclic) bond motifs is 4. The fourth-order valence-corrected chi connectivity index (χ4v) is 9.06. The van der Waals surface area contributed by atoms with E-state index >= 15 is 0 Å². The number of nitrogens with zero attached hydrogens (tertiary/aromatic N) is 1. The van der Waals surface area contributed by atoms with Crippen LogP contribution in [0.5, 0.6) is 0 Å². The molecule has 0 aliphatic heterocycles. The summed E-state index contributed by atoms with van der Waals surface area (Å²) in [4.78, 5) is 2.42. The fourth-order valence-electron chi connectivity index (χ4n) is 7.93. The van der Waals surface area contributed by atoms with Crippen molar-refractivity contribution < 1.29 is 0 Å². The minimum Gasteiger partial charge on any atom is -0.310 e. The molecule has 0 fully saturated rings. The zero-order chi connectivity index (χ0) is 35.8. The highest BCUT2D eigenvalue weighted by Gasteiger charge is 2.19. The Bertz CT molecular complexity index is 2930. The van der Waals surface area contributed by atoms with Crippen LogP contribution in [0.4, 0.5) is 17.1 Å². The van der Waals surface area contributed by atoms with Crippen molar-refractivity contribution in [3.8, 4) is 44.5 Å². The van der Waals surface area contributed by atoms with Gasteiger partial charge in [-0.1, -0.05) is 164 Å². The Morgan fingerprint density at radius 1 is 0.315 bits per heavy atom. The third-order valence-electron chi connectivity index (χ3n) is 10.5. The summed E-state index contributed by atoms with van der Waals surface area (Å²) in [5.41, 5.74) is 13.0. The van der Waals surface area contributed by atoms with Gasteiger partial charge in [0.05, 0.1) is 5.69 Å². The van der Waals surface area contributed by atoms with Gasteiger partial charge in [-0.05, 0) is 98.2 Å². The van der Waals surface area contributed by atoms with E-state index in [1.807, 2.05) is 11.3 Å². The number of para-hydroxylation sites is 1. The Kier molecular flexibility index (Phi) is 8.09. The van der Waals surface area contributed by atoms with Crippen LogP contribution in [0.1, 0.15) is 0 Å². The van der Waals surface area contributed by atoms with Gasteiger partial charge in [-0.15, -0.1) is 11.3 Å². The largest absolute Gasteiger partial charge is 0.310 e. The Morgan fingerprint density at radius 3 is 1.74 bits per heavy atom. The van der Waals surface area contributed by atoms with E-state index in [9.17, 15) is 0 Å². The van der Waals surface area contributed by atoms with Crippen LogP contribution in [-0.4, -0.2) is 0 Å². The van der Waals surface area contributed by atoms with Crippen molar-refractivity contribution in [2.45, 2.75) is 0 Å². The first-order valence-electron chi connectivity index (χ1n) is 18.4. The van der Waals surface area contributed by atoms with Crippen LogP contribution < -0.4 is 4.90 Å². The molecule has 10 rings (SSSR count). The SMILES string of the molecule is c1ccc(-c2ccc(N(c3cccc(-c4cccc5sc6ccccc6c45)c3)c3ccccc3-c3cccc(-c4cccc5ccccc45)c3)cc2)cc1. The summed E-state index contributed by atoms with van der Waals surface area (Å²) in [6.07, 6.45) is 0. The van der Waals surface area contributed by atoms with Crippen molar-refractivity contribution in [2.75, 3.05) is 4.90 Å². The highest BCUT2D eigenvalue weighted by atomic mass is 32.1. The third kappa shape index (κ3) is 5.74. The van der Waals surface area contributed by atoms with E-state index in [-0.39, 0.29) is 0 Å². The van der Waals surface area contributed by atoms with Crippen LogP contribution in [-0.2, 0) is 0 Å². The van der Waals surface area contributed by atoms with Gasteiger partial charge in [0, 0.05) is 37.1 Å². The van der Waals surface area contributed by atoms with Crippen LogP contribution in [0.2, 0.25) is 0 Å². The van der Waals surface area contributed by atoms with Crippen LogP contribution in [0.15, 0.2) is 212 Å². The van der Waals surface area contributed by atoms with E-state index in [0.29, 0.717) is 0 Å². The number of rotatable bonds is 7. The predicted octanol–water partition coefficient (Wildman–Crippen LogP) is 15.3. The smallest absolute Gasteiger partial charge is 0.0540 e. The number of thiophene rings is 1. The molecule has 1 heterocycles. The molecule has 0 spiro atoms. The number of anilines is 3. The lowest BCUT2D eigenvalue weighted by Gasteiger charge is -2.28. The molecule has 0 saturated heterocycles. The Morgan fingerprint density at radius 2 is 0.870 bits per heavy atom. The van der Waals surface area contributed by atoms with Gasteiger partial charge in [-0.25, -0.2) is 0 Å². The van der Waals surface area contributed by atoms with Gasteiger partial charge < -0.3 is 4.90 Å². The van der Waals surface area contributed by atoms with Gasteiger partial charge in [0.2, 0.25) is 0 Å². The Labute approximate surface area is 319 Å². The van der Waals surface area contributed by atoms with E-state index in [1.165, 1.54) is 75.5 Å². The Balaban J connectivity index is 1.14. The molecule has 0 amide bonds. The molecule has 10 aromatic rings. The molecule has 0 radical (unpaired) electrons. The van der Waals surface area contributed by atoms with Crippen LogP contribution in [0, 0.1) is 0 Å². The molecule has 0 bridgehead atoms. The Hall–Kier alpha value is -6.74. The highest BCUT2D eigenvalue weighted by molar-refractivity contribution is 7.25. The van der Waals surface area contributed by atoms with E-state index in [0.717, 1.165) is 17.1 Å². The lowest BCUT2D eigenvalue weighted by atomic mass is 9.94. The summed E-state index contributed by atoms with van der Waals surface area (Å²) < 4.78 is 2.62. The second-order valence-electron chi connectivity index (χ2n) is 13.7. The maximum atomic E-state index is 2.42. The lowest BCUT2D eigenvalue weighted by Crippen LogP contribution is -2.11. The normalized spacial score (nSPS) is 11.3. The zero-order valence-electron chi connectivity index (χ0n) is 29.6. The first kappa shape index (κ1) is 32.0. The number of benzene rings is 9. The van der Waals surface area contributed by atoms with Crippen molar-refractivity contribution in [2.24, 2.45) is 0 Å². The molecule has 0 unspecified atom stereocenters. The maximum Gasteiger partial charge on any atom is 0.0540 e. The molecular formula is C52H35NS. The van der Waals surface area contributed by atoms with Gasteiger partial charge in [0.25, 0.3) is 0 Å². The molecule has 1 aromatic heterocycles. The molecule has 0 atom stereocenters. The van der Waals surface area contributed by atoms with E-state index in [1.54, 1.807) is 0 Å². The van der Waals surface area contributed by atoms with Crippen LogP contribution in [0.25, 0.3) is 75.5 Å². The average molecular weight is 706 g/mol. The fraction of sp³-hybridized carbons (Fsp3) is 0. The number of hydrogen-bond acceptors (Lipinski definition) is 2. The molecule has 1 nitrogen and oxygen atoms in total. The summed E-state index contributed by atoms with van der Waals surface area (Å²) in [6.45, 7) is 0. The van der Waals surface area contributed by atoms with Crippen molar-refractivity contribution in [3.63, 3.8) is 0 Å². The molecule has 2 heteroatoms. The predicted molar refractivity (Wildman–Crippen MR) is 233 cm³/mol. The first-order chi connectivity index (χ1) is 26.8. The molecule has 0 saturated carbocycles. The monoisotopic (exact) mass is 705 g/mol. The summed E-state index contributed by atoms with van der Waals surface area (Å²) in [6, 6.07) is 77.2. The van der Waals surface area contributed by atoms with Gasteiger partial charge in [0.1, 0.15) is 0 Å². The van der Waals surface area contributed by atoms with Gasteiger partial charge in [-0.3, -0.25) is 0 Å². The minimum atomic E-state index is 1.10. The summed E-state index contributed by atoms with van der Waals surface area (Å²) >= 11 is 1.86. The molecule has 54 heavy (non-hydrogen) atoms. The third-order valence-corrected chi connectivity index (χ3v) is 11.6. The van der Waals surface area contributed by atoms with E-state index in [2.05, 4.69) is 217 Å². The van der Waals surface area contributed by atoms with E-state index < -0.39 is 0 Å². The van der Waals surface area contributed by atoms with Crippen molar-refractivity contribution in [1.82, 2.24) is 0 Å². The molecule has 9 aromatic carbocycles. The maximum absolute atomic E-state index is 2.42. The van der Waals surface area contributed by atoms with Crippen molar-refractivity contribution in [1.29, 1.82) is 0 Å². The summed E-state index contributed by atoms with van der Waals surface area (Å²) in [5, 5.41) is 5.13. The second kappa shape index (κ2) is 13.7. The molecule has 254 valence electrons.